The zero-order valence-corrected chi connectivity index (χ0v) is 10.2. The SMILES string of the molecule is Cc1cc(Cl)ccc1C(=O)NCCCCN. The van der Waals surface area contributed by atoms with Gasteiger partial charge in [-0.1, -0.05) is 11.6 Å². The maximum absolute atomic E-state index is 11.8. The van der Waals surface area contributed by atoms with E-state index < -0.39 is 0 Å². The standard InChI is InChI=1S/C12H17ClN2O/c1-9-8-10(13)4-5-11(9)12(16)15-7-3-2-6-14/h4-5,8H,2-3,6-7,14H2,1H3,(H,15,16). The molecule has 1 aromatic carbocycles. The fourth-order valence-corrected chi connectivity index (χ4v) is 1.67. The summed E-state index contributed by atoms with van der Waals surface area (Å²) in [5.74, 6) is -0.0498. The minimum atomic E-state index is -0.0498. The van der Waals surface area contributed by atoms with Crippen LogP contribution in [0.1, 0.15) is 28.8 Å². The number of nitrogens with two attached hydrogens (primary N) is 1. The van der Waals surface area contributed by atoms with Crippen molar-refractivity contribution in [1.82, 2.24) is 5.32 Å². The summed E-state index contributed by atoms with van der Waals surface area (Å²) in [4.78, 5) is 11.8. The Morgan fingerprint density at radius 1 is 1.44 bits per heavy atom. The van der Waals surface area contributed by atoms with Gasteiger partial charge in [0.1, 0.15) is 0 Å². The molecular weight excluding hydrogens is 224 g/mol. The predicted molar refractivity (Wildman–Crippen MR) is 66.8 cm³/mol. The quantitative estimate of drug-likeness (QED) is 0.775. The average molecular weight is 241 g/mol. The van der Waals surface area contributed by atoms with Crippen molar-refractivity contribution in [3.05, 3.63) is 34.3 Å². The first kappa shape index (κ1) is 13.0. The molecule has 3 N–H and O–H groups in total. The topological polar surface area (TPSA) is 55.1 Å². The summed E-state index contributed by atoms with van der Waals surface area (Å²) in [6.07, 6.45) is 1.84. The van der Waals surface area contributed by atoms with Crippen molar-refractivity contribution in [2.75, 3.05) is 13.1 Å². The molecule has 0 aliphatic rings. The molecule has 0 aromatic heterocycles. The Labute approximate surface area is 101 Å². The van der Waals surface area contributed by atoms with Gasteiger partial charge in [0.2, 0.25) is 0 Å². The maximum Gasteiger partial charge on any atom is 0.251 e. The summed E-state index contributed by atoms with van der Waals surface area (Å²) in [7, 11) is 0. The van der Waals surface area contributed by atoms with E-state index in [2.05, 4.69) is 5.32 Å². The van der Waals surface area contributed by atoms with Crippen LogP contribution >= 0.6 is 11.6 Å². The second-order valence-electron chi connectivity index (χ2n) is 3.71. The molecule has 1 rings (SSSR count). The van der Waals surface area contributed by atoms with Gasteiger partial charge in [0, 0.05) is 17.1 Å². The summed E-state index contributed by atoms with van der Waals surface area (Å²) >= 11 is 5.82. The second-order valence-corrected chi connectivity index (χ2v) is 4.15. The molecule has 0 unspecified atom stereocenters. The van der Waals surface area contributed by atoms with Gasteiger partial charge in [0.25, 0.3) is 5.91 Å². The first-order valence-electron chi connectivity index (χ1n) is 5.39. The molecule has 1 amide bonds. The molecule has 0 aliphatic carbocycles. The van der Waals surface area contributed by atoms with E-state index in [-0.39, 0.29) is 5.91 Å². The van der Waals surface area contributed by atoms with Crippen molar-refractivity contribution in [3.8, 4) is 0 Å². The van der Waals surface area contributed by atoms with Crippen LogP contribution in [0.3, 0.4) is 0 Å². The number of rotatable bonds is 5. The maximum atomic E-state index is 11.8. The van der Waals surface area contributed by atoms with Crippen LogP contribution in [0.5, 0.6) is 0 Å². The molecule has 0 bridgehead atoms. The van der Waals surface area contributed by atoms with Crippen molar-refractivity contribution < 1.29 is 4.79 Å². The monoisotopic (exact) mass is 240 g/mol. The van der Waals surface area contributed by atoms with Crippen molar-refractivity contribution in [2.24, 2.45) is 5.73 Å². The van der Waals surface area contributed by atoms with E-state index in [1.807, 2.05) is 6.92 Å². The number of unbranched alkanes of at least 4 members (excludes halogenated alkanes) is 1. The van der Waals surface area contributed by atoms with Crippen LogP contribution in [0.15, 0.2) is 18.2 Å². The zero-order chi connectivity index (χ0) is 12.0. The molecule has 0 fully saturated rings. The zero-order valence-electron chi connectivity index (χ0n) is 9.42. The van der Waals surface area contributed by atoms with Gasteiger partial charge in [-0.25, -0.2) is 0 Å². The number of carbonyl (C=O) groups is 1. The predicted octanol–water partition coefficient (Wildman–Crippen LogP) is 2.12. The van der Waals surface area contributed by atoms with E-state index in [9.17, 15) is 4.79 Å². The summed E-state index contributed by atoms with van der Waals surface area (Å²) < 4.78 is 0. The smallest absolute Gasteiger partial charge is 0.251 e. The Bertz CT molecular complexity index is 366. The molecule has 0 aliphatic heterocycles. The molecule has 0 spiro atoms. The van der Waals surface area contributed by atoms with Gasteiger partial charge in [-0.2, -0.15) is 0 Å². The van der Waals surface area contributed by atoms with Crippen LogP contribution in [0.4, 0.5) is 0 Å². The van der Waals surface area contributed by atoms with Crippen molar-refractivity contribution in [2.45, 2.75) is 19.8 Å². The highest BCUT2D eigenvalue weighted by Gasteiger charge is 2.07. The molecule has 0 saturated carbocycles. The largest absolute Gasteiger partial charge is 0.352 e. The fraction of sp³-hybridized carbons (Fsp3) is 0.417. The van der Waals surface area contributed by atoms with E-state index >= 15 is 0 Å². The van der Waals surface area contributed by atoms with Gasteiger partial charge in [-0.3, -0.25) is 4.79 Å². The van der Waals surface area contributed by atoms with Gasteiger partial charge in [-0.05, 0) is 50.1 Å². The highest BCUT2D eigenvalue weighted by Crippen LogP contribution is 2.14. The molecule has 1 aromatic rings. The third-order valence-corrected chi connectivity index (χ3v) is 2.58. The fourth-order valence-electron chi connectivity index (χ4n) is 1.45. The van der Waals surface area contributed by atoms with Gasteiger partial charge in [0.15, 0.2) is 0 Å². The van der Waals surface area contributed by atoms with Crippen LogP contribution < -0.4 is 11.1 Å². The molecular formula is C12H17ClN2O. The molecule has 0 radical (unpaired) electrons. The Balaban J connectivity index is 2.53. The van der Waals surface area contributed by atoms with E-state index in [1.54, 1.807) is 18.2 Å². The van der Waals surface area contributed by atoms with Crippen LogP contribution in [0, 0.1) is 6.92 Å². The number of halogens is 1. The van der Waals surface area contributed by atoms with Crippen molar-refractivity contribution in [1.29, 1.82) is 0 Å². The van der Waals surface area contributed by atoms with E-state index in [0.29, 0.717) is 23.7 Å². The normalized spacial score (nSPS) is 10.2. The highest BCUT2D eigenvalue weighted by molar-refractivity contribution is 6.30. The van der Waals surface area contributed by atoms with E-state index in [0.717, 1.165) is 18.4 Å². The highest BCUT2D eigenvalue weighted by atomic mass is 35.5. The van der Waals surface area contributed by atoms with Gasteiger partial charge in [-0.15, -0.1) is 0 Å². The third-order valence-electron chi connectivity index (χ3n) is 2.35. The first-order valence-corrected chi connectivity index (χ1v) is 5.77. The van der Waals surface area contributed by atoms with Crippen molar-refractivity contribution in [3.63, 3.8) is 0 Å². The average Bonchev–Trinajstić information content (AvgIpc) is 2.24. The molecule has 3 nitrogen and oxygen atoms in total. The van der Waals surface area contributed by atoms with E-state index in [4.69, 9.17) is 17.3 Å². The molecule has 0 heterocycles. The van der Waals surface area contributed by atoms with Crippen molar-refractivity contribution >= 4 is 17.5 Å². The Hall–Kier alpha value is -1.06. The molecule has 0 atom stereocenters. The number of carbonyl (C=O) groups excluding carboxylic acids is 1. The number of hydrogen-bond donors (Lipinski definition) is 2. The number of nitrogens with one attached hydrogen (secondary N) is 1. The summed E-state index contributed by atoms with van der Waals surface area (Å²) in [5.41, 5.74) is 6.94. The van der Waals surface area contributed by atoms with Gasteiger partial charge >= 0.3 is 0 Å². The van der Waals surface area contributed by atoms with Crippen LogP contribution in [0.25, 0.3) is 0 Å². The lowest BCUT2D eigenvalue weighted by Crippen LogP contribution is -2.25. The lowest BCUT2D eigenvalue weighted by Gasteiger charge is -2.07. The number of benzene rings is 1. The van der Waals surface area contributed by atoms with Crippen LogP contribution in [0.2, 0.25) is 5.02 Å². The van der Waals surface area contributed by atoms with Gasteiger partial charge < -0.3 is 11.1 Å². The molecule has 0 saturated heterocycles. The molecule has 16 heavy (non-hydrogen) atoms. The third kappa shape index (κ3) is 3.83. The van der Waals surface area contributed by atoms with Crippen LogP contribution in [-0.4, -0.2) is 19.0 Å². The minimum Gasteiger partial charge on any atom is -0.352 e. The number of hydrogen-bond acceptors (Lipinski definition) is 2. The lowest BCUT2D eigenvalue weighted by molar-refractivity contribution is 0.0952. The Morgan fingerprint density at radius 3 is 2.81 bits per heavy atom. The summed E-state index contributed by atoms with van der Waals surface area (Å²) in [5, 5.41) is 3.51. The van der Waals surface area contributed by atoms with Crippen LogP contribution in [-0.2, 0) is 0 Å². The lowest BCUT2D eigenvalue weighted by atomic mass is 10.1. The Morgan fingerprint density at radius 2 is 2.19 bits per heavy atom. The Kier molecular flexibility index (Phi) is 5.29. The summed E-state index contributed by atoms with van der Waals surface area (Å²) in [6.45, 7) is 3.20. The van der Waals surface area contributed by atoms with E-state index in [1.165, 1.54) is 0 Å². The number of amides is 1. The van der Waals surface area contributed by atoms with Gasteiger partial charge in [0.05, 0.1) is 0 Å². The minimum absolute atomic E-state index is 0.0498. The molecule has 88 valence electrons. The second kappa shape index (κ2) is 6.51. The molecule has 4 heteroatoms. The first-order chi connectivity index (χ1) is 7.65. The summed E-state index contributed by atoms with van der Waals surface area (Å²) in [6, 6.07) is 5.26. The number of aryl methyl sites for hydroxylation is 1.